The fourth-order valence-electron chi connectivity index (χ4n) is 2.55. The normalized spacial score (nSPS) is 17.5. The van der Waals surface area contributed by atoms with Gasteiger partial charge in [-0.1, -0.05) is 11.6 Å². The highest BCUT2D eigenvalue weighted by atomic mass is 35.5. The molecule has 1 aliphatic rings. The molecule has 2 heterocycles. The predicted molar refractivity (Wildman–Crippen MR) is 86.9 cm³/mol. The lowest BCUT2D eigenvalue weighted by molar-refractivity contribution is -0.139. The number of hydrogen-bond donors (Lipinski definition) is 1. The molecule has 112 valence electrons. The van der Waals surface area contributed by atoms with Crippen LogP contribution in [0.2, 0.25) is 4.34 Å². The van der Waals surface area contributed by atoms with E-state index in [2.05, 4.69) is 9.88 Å². The summed E-state index contributed by atoms with van der Waals surface area (Å²) in [5.74, 6) is -1.20. The van der Waals surface area contributed by atoms with Crippen molar-refractivity contribution in [2.75, 3.05) is 11.9 Å². The van der Waals surface area contributed by atoms with E-state index in [4.69, 9.17) is 11.6 Å². The van der Waals surface area contributed by atoms with Gasteiger partial charge in [0.25, 0.3) is 0 Å². The SMILES string of the molecule is CN(Cc1ccc(Cl)s1)c1nc2c(s1)CCCC2C(=O)O. The maximum absolute atomic E-state index is 11.3. The number of halogens is 1. The van der Waals surface area contributed by atoms with Crippen LogP contribution < -0.4 is 4.90 Å². The fourth-order valence-corrected chi connectivity index (χ4v) is 4.81. The number of carboxylic acid groups (broad SMARTS) is 1. The number of carbonyl (C=O) groups is 1. The number of aryl methyl sites for hydroxylation is 1. The summed E-state index contributed by atoms with van der Waals surface area (Å²) in [4.78, 5) is 20.3. The average molecular weight is 343 g/mol. The van der Waals surface area contributed by atoms with E-state index in [1.165, 1.54) is 4.88 Å². The van der Waals surface area contributed by atoms with E-state index in [0.717, 1.165) is 39.4 Å². The van der Waals surface area contributed by atoms with Crippen LogP contribution in [0, 0.1) is 0 Å². The average Bonchev–Trinajstić information content (AvgIpc) is 3.04. The van der Waals surface area contributed by atoms with Crippen LogP contribution in [-0.4, -0.2) is 23.1 Å². The van der Waals surface area contributed by atoms with Gasteiger partial charge in [0.15, 0.2) is 5.13 Å². The zero-order valence-corrected chi connectivity index (χ0v) is 13.9. The molecule has 1 aliphatic carbocycles. The molecular weight excluding hydrogens is 328 g/mol. The van der Waals surface area contributed by atoms with Gasteiger partial charge in [-0.3, -0.25) is 4.79 Å². The standard InChI is InChI=1S/C14H15ClN2O2S2/c1-17(7-8-5-6-11(15)20-8)14-16-12-9(13(18)19)3-2-4-10(12)21-14/h5-6,9H,2-4,7H2,1H3,(H,18,19). The number of carboxylic acids is 1. The molecule has 3 rings (SSSR count). The van der Waals surface area contributed by atoms with Crippen molar-refractivity contribution >= 4 is 45.4 Å². The third-order valence-corrected chi connectivity index (χ3v) is 6.05. The van der Waals surface area contributed by atoms with Crippen LogP contribution in [0.3, 0.4) is 0 Å². The number of rotatable bonds is 4. The third kappa shape index (κ3) is 3.07. The first-order valence-corrected chi connectivity index (χ1v) is 8.73. The number of thiophene rings is 1. The van der Waals surface area contributed by atoms with E-state index in [9.17, 15) is 9.90 Å². The number of anilines is 1. The molecule has 0 saturated carbocycles. The second-order valence-corrected chi connectivity index (χ2v) is 8.01. The molecule has 1 N–H and O–H groups in total. The largest absolute Gasteiger partial charge is 0.481 e. The molecule has 2 aromatic rings. The van der Waals surface area contributed by atoms with Gasteiger partial charge >= 0.3 is 5.97 Å². The second kappa shape index (κ2) is 5.94. The van der Waals surface area contributed by atoms with Gasteiger partial charge < -0.3 is 10.0 Å². The quantitative estimate of drug-likeness (QED) is 0.912. The lowest BCUT2D eigenvalue weighted by Gasteiger charge is -2.16. The summed E-state index contributed by atoms with van der Waals surface area (Å²) in [7, 11) is 1.98. The van der Waals surface area contributed by atoms with Crippen molar-refractivity contribution in [1.29, 1.82) is 0 Å². The Labute approximate surface area is 136 Å². The van der Waals surface area contributed by atoms with Crippen LogP contribution in [0.1, 0.15) is 34.2 Å². The lowest BCUT2D eigenvalue weighted by atomic mass is 9.91. The number of aromatic nitrogens is 1. The molecule has 0 bridgehead atoms. The Morgan fingerprint density at radius 2 is 2.33 bits per heavy atom. The van der Waals surface area contributed by atoms with Crippen LogP contribution >= 0.6 is 34.3 Å². The maximum atomic E-state index is 11.3. The van der Waals surface area contributed by atoms with Crippen molar-refractivity contribution in [3.8, 4) is 0 Å². The van der Waals surface area contributed by atoms with Gasteiger partial charge in [-0.05, 0) is 31.4 Å². The molecule has 2 aromatic heterocycles. The smallest absolute Gasteiger partial charge is 0.312 e. The molecule has 0 aliphatic heterocycles. The third-order valence-electron chi connectivity index (χ3n) is 3.59. The van der Waals surface area contributed by atoms with Gasteiger partial charge in [0.2, 0.25) is 0 Å². The van der Waals surface area contributed by atoms with Gasteiger partial charge in [-0.25, -0.2) is 4.98 Å². The summed E-state index contributed by atoms with van der Waals surface area (Å²) in [6.45, 7) is 0.738. The Kier molecular flexibility index (Phi) is 4.19. The van der Waals surface area contributed by atoms with Crippen molar-refractivity contribution in [3.63, 3.8) is 0 Å². The van der Waals surface area contributed by atoms with Gasteiger partial charge in [-0.15, -0.1) is 22.7 Å². The van der Waals surface area contributed by atoms with E-state index in [-0.39, 0.29) is 0 Å². The molecule has 0 amide bonds. The lowest BCUT2D eigenvalue weighted by Crippen LogP contribution is -2.18. The first-order chi connectivity index (χ1) is 10.0. The van der Waals surface area contributed by atoms with Gasteiger partial charge in [0.05, 0.1) is 16.6 Å². The zero-order valence-electron chi connectivity index (χ0n) is 11.5. The summed E-state index contributed by atoms with van der Waals surface area (Å²) in [6, 6.07) is 3.90. The highest BCUT2D eigenvalue weighted by Crippen LogP contribution is 2.38. The monoisotopic (exact) mass is 342 g/mol. The second-order valence-electron chi connectivity index (χ2n) is 5.15. The first-order valence-electron chi connectivity index (χ1n) is 6.72. The molecule has 4 nitrogen and oxygen atoms in total. The Hall–Kier alpha value is -1.11. The number of hydrogen-bond acceptors (Lipinski definition) is 5. The molecule has 0 radical (unpaired) electrons. The Balaban J connectivity index is 1.81. The van der Waals surface area contributed by atoms with Crippen LogP contribution in [0.25, 0.3) is 0 Å². The van der Waals surface area contributed by atoms with E-state index >= 15 is 0 Å². The van der Waals surface area contributed by atoms with Gasteiger partial charge in [0, 0.05) is 16.8 Å². The highest BCUT2D eigenvalue weighted by molar-refractivity contribution is 7.16. The minimum absolute atomic E-state index is 0.441. The molecule has 0 spiro atoms. The summed E-state index contributed by atoms with van der Waals surface area (Å²) >= 11 is 9.12. The molecule has 21 heavy (non-hydrogen) atoms. The van der Waals surface area contributed by atoms with Crippen molar-refractivity contribution in [2.24, 2.45) is 0 Å². The van der Waals surface area contributed by atoms with Crippen molar-refractivity contribution in [2.45, 2.75) is 31.7 Å². The topological polar surface area (TPSA) is 53.4 Å². The minimum Gasteiger partial charge on any atom is -0.481 e. The minimum atomic E-state index is -0.763. The zero-order chi connectivity index (χ0) is 15.0. The van der Waals surface area contributed by atoms with E-state index in [1.54, 1.807) is 22.7 Å². The van der Waals surface area contributed by atoms with Crippen LogP contribution in [0.15, 0.2) is 12.1 Å². The summed E-state index contributed by atoms with van der Waals surface area (Å²) < 4.78 is 0.780. The Bertz CT molecular complexity index is 668. The van der Waals surface area contributed by atoms with Crippen LogP contribution in [-0.2, 0) is 17.8 Å². The highest BCUT2D eigenvalue weighted by Gasteiger charge is 2.30. The molecule has 0 fully saturated rings. The summed E-state index contributed by atoms with van der Waals surface area (Å²) in [6.07, 6.45) is 2.56. The van der Waals surface area contributed by atoms with Crippen LogP contribution in [0.5, 0.6) is 0 Å². The summed E-state index contributed by atoms with van der Waals surface area (Å²) in [5, 5.41) is 10.2. The van der Waals surface area contributed by atoms with Gasteiger partial charge in [-0.2, -0.15) is 0 Å². The number of nitrogens with zero attached hydrogens (tertiary/aromatic N) is 2. The maximum Gasteiger partial charge on any atom is 0.312 e. The predicted octanol–water partition coefficient (Wildman–Crippen LogP) is 4.00. The van der Waals surface area contributed by atoms with E-state index in [1.807, 2.05) is 19.2 Å². The van der Waals surface area contributed by atoms with Crippen molar-refractivity contribution < 1.29 is 9.90 Å². The molecule has 1 atom stereocenters. The van der Waals surface area contributed by atoms with Crippen LogP contribution in [0.4, 0.5) is 5.13 Å². The summed E-state index contributed by atoms with van der Waals surface area (Å²) in [5.41, 5.74) is 0.768. The van der Waals surface area contributed by atoms with Gasteiger partial charge in [0.1, 0.15) is 5.92 Å². The molecule has 0 saturated heterocycles. The molecule has 0 aromatic carbocycles. The van der Waals surface area contributed by atoms with E-state index in [0.29, 0.717) is 6.42 Å². The first kappa shape index (κ1) is 14.8. The Morgan fingerprint density at radius 3 is 3.00 bits per heavy atom. The number of fused-ring (bicyclic) bond motifs is 1. The number of thiazole rings is 1. The number of aliphatic carboxylic acids is 1. The Morgan fingerprint density at radius 1 is 1.52 bits per heavy atom. The molecular formula is C14H15ClN2O2S2. The van der Waals surface area contributed by atoms with Crippen molar-refractivity contribution in [3.05, 3.63) is 31.9 Å². The fraction of sp³-hybridized carbons (Fsp3) is 0.429. The molecule has 7 heteroatoms. The van der Waals surface area contributed by atoms with Crippen molar-refractivity contribution in [1.82, 2.24) is 4.98 Å². The molecule has 1 unspecified atom stereocenters. The van der Waals surface area contributed by atoms with E-state index < -0.39 is 11.9 Å².